The molecule has 0 fully saturated rings. The molecule has 2 rings (SSSR count). The van der Waals surface area contributed by atoms with Crippen molar-refractivity contribution in [3.8, 4) is 11.5 Å². The molecule has 2 aromatic rings. The van der Waals surface area contributed by atoms with Gasteiger partial charge in [0.05, 0.1) is 22.5 Å². The van der Waals surface area contributed by atoms with Gasteiger partial charge in [-0.25, -0.2) is 5.43 Å². The Kier molecular flexibility index (Phi) is 12.8. The Morgan fingerprint density at radius 1 is 1.11 bits per heavy atom. The summed E-state index contributed by atoms with van der Waals surface area (Å²) in [5.74, 6) is -1.11. The fraction of sp³-hybridized carbons (Fsp3) is 0.385. The van der Waals surface area contributed by atoms with Crippen LogP contribution in [0.1, 0.15) is 38.3 Å². The quantitative estimate of drug-likeness (QED) is 0.103. The Morgan fingerprint density at radius 3 is 2.59 bits per heavy atom. The van der Waals surface area contributed by atoms with Crippen molar-refractivity contribution < 1.29 is 28.6 Å². The summed E-state index contributed by atoms with van der Waals surface area (Å²) in [5, 5.41) is 9.17. The van der Waals surface area contributed by atoms with E-state index in [1.807, 2.05) is 45.9 Å². The molecule has 0 aliphatic heterocycles. The fourth-order valence-electron chi connectivity index (χ4n) is 3.01. The predicted molar refractivity (Wildman–Crippen MR) is 150 cm³/mol. The average Bonchev–Trinajstić information content (AvgIpc) is 2.83. The third kappa shape index (κ3) is 11.2. The molecule has 37 heavy (non-hydrogen) atoms. The molecule has 0 aliphatic rings. The number of aryl methyl sites for hydroxylation is 1. The molecule has 0 spiro atoms. The number of hydrogen-bond acceptors (Lipinski definition) is 7. The highest BCUT2D eigenvalue weighted by Gasteiger charge is 2.15. The first-order valence-electron chi connectivity index (χ1n) is 11.9. The van der Waals surface area contributed by atoms with Crippen molar-refractivity contribution in [1.29, 1.82) is 0 Å². The first-order chi connectivity index (χ1) is 17.7. The second-order valence-electron chi connectivity index (χ2n) is 8.20. The van der Waals surface area contributed by atoms with E-state index in [0.29, 0.717) is 52.5 Å². The maximum atomic E-state index is 12.4. The van der Waals surface area contributed by atoms with Crippen molar-refractivity contribution in [3.63, 3.8) is 0 Å². The van der Waals surface area contributed by atoms with E-state index in [1.165, 1.54) is 6.21 Å². The van der Waals surface area contributed by atoms with E-state index in [2.05, 4.69) is 43.8 Å². The molecule has 0 heterocycles. The molecule has 0 saturated heterocycles. The van der Waals surface area contributed by atoms with Gasteiger partial charge in [-0.15, -0.1) is 0 Å². The summed E-state index contributed by atoms with van der Waals surface area (Å²) in [4.78, 5) is 36.2. The maximum Gasteiger partial charge on any atom is 0.329 e. The van der Waals surface area contributed by atoms with E-state index < -0.39 is 11.8 Å². The zero-order valence-corrected chi connectivity index (χ0v) is 23.6. The number of hydrogen-bond donors (Lipinski definition) is 3. The smallest absolute Gasteiger partial charge is 0.329 e. The Morgan fingerprint density at radius 2 is 1.89 bits per heavy atom. The van der Waals surface area contributed by atoms with E-state index in [9.17, 15) is 14.4 Å². The first-order valence-corrected chi connectivity index (χ1v) is 13.0. The van der Waals surface area contributed by atoms with Gasteiger partial charge >= 0.3 is 11.8 Å². The van der Waals surface area contributed by atoms with E-state index in [-0.39, 0.29) is 18.6 Å². The molecular weight excluding hydrogens is 591 g/mol. The number of benzene rings is 2. The van der Waals surface area contributed by atoms with Crippen molar-refractivity contribution in [2.24, 2.45) is 5.10 Å². The molecule has 200 valence electrons. The van der Waals surface area contributed by atoms with Gasteiger partial charge in [0.15, 0.2) is 18.1 Å². The summed E-state index contributed by atoms with van der Waals surface area (Å²) in [6.07, 6.45) is 2.10. The summed E-state index contributed by atoms with van der Waals surface area (Å²) < 4.78 is 17.5. The third-order valence-electron chi connectivity index (χ3n) is 4.62. The number of amides is 3. The number of halogens is 1. The number of rotatable bonds is 13. The van der Waals surface area contributed by atoms with Crippen LogP contribution in [0.15, 0.2) is 41.5 Å². The topological polar surface area (TPSA) is 127 Å². The number of carbonyl (C=O) groups is 3. The average molecular weight is 624 g/mol. The Bertz CT molecular complexity index is 1110. The van der Waals surface area contributed by atoms with Crippen molar-refractivity contribution in [2.45, 2.75) is 40.2 Å². The molecule has 2 aromatic carbocycles. The van der Waals surface area contributed by atoms with Crippen molar-refractivity contribution in [3.05, 3.63) is 51.1 Å². The molecule has 0 aromatic heterocycles. The summed E-state index contributed by atoms with van der Waals surface area (Å²) >= 11 is 2.07. The number of ether oxygens (including phenoxy) is 3. The minimum atomic E-state index is -0.875. The van der Waals surface area contributed by atoms with Gasteiger partial charge in [0, 0.05) is 18.8 Å². The van der Waals surface area contributed by atoms with Crippen LogP contribution in [0.4, 0.5) is 5.69 Å². The minimum absolute atomic E-state index is 0.115. The van der Waals surface area contributed by atoms with Crippen LogP contribution in [-0.2, 0) is 19.1 Å². The molecule has 0 atom stereocenters. The van der Waals surface area contributed by atoms with Crippen molar-refractivity contribution in [1.82, 2.24) is 10.7 Å². The molecule has 0 unspecified atom stereocenters. The Labute approximate surface area is 230 Å². The summed E-state index contributed by atoms with van der Waals surface area (Å²) in [6.45, 7) is 8.62. The zero-order valence-electron chi connectivity index (χ0n) is 21.4. The monoisotopic (exact) mass is 624 g/mol. The second-order valence-corrected chi connectivity index (χ2v) is 9.36. The van der Waals surface area contributed by atoms with E-state index in [0.717, 1.165) is 5.56 Å². The normalized spacial score (nSPS) is 10.9. The number of nitrogens with zero attached hydrogens (tertiary/aromatic N) is 1. The van der Waals surface area contributed by atoms with Gasteiger partial charge < -0.3 is 24.8 Å². The minimum Gasteiger partial charge on any atom is -0.490 e. The molecule has 0 aliphatic carbocycles. The predicted octanol–water partition coefficient (Wildman–Crippen LogP) is 3.40. The molecule has 0 radical (unpaired) electrons. The van der Waals surface area contributed by atoms with Crippen LogP contribution in [0.2, 0.25) is 0 Å². The summed E-state index contributed by atoms with van der Waals surface area (Å²) in [7, 11) is 0. The van der Waals surface area contributed by atoms with Crippen LogP contribution < -0.4 is 25.5 Å². The van der Waals surface area contributed by atoms with Crippen LogP contribution in [0.25, 0.3) is 0 Å². The second kappa shape index (κ2) is 15.8. The summed E-state index contributed by atoms with van der Waals surface area (Å²) in [5.41, 5.74) is 4.54. The molecule has 0 saturated carbocycles. The molecule has 11 heteroatoms. The van der Waals surface area contributed by atoms with Crippen molar-refractivity contribution in [2.75, 3.05) is 31.7 Å². The number of anilines is 1. The van der Waals surface area contributed by atoms with Gasteiger partial charge in [-0.2, -0.15) is 5.10 Å². The fourth-order valence-corrected chi connectivity index (χ4v) is 3.79. The first kappa shape index (κ1) is 30.0. The van der Waals surface area contributed by atoms with Gasteiger partial charge in [-0.05, 0) is 92.1 Å². The lowest BCUT2D eigenvalue weighted by Gasteiger charge is -2.14. The van der Waals surface area contributed by atoms with Crippen LogP contribution >= 0.6 is 22.6 Å². The molecule has 0 bridgehead atoms. The zero-order chi connectivity index (χ0) is 27.2. The van der Waals surface area contributed by atoms with E-state index in [4.69, 9.17) is 14.2 Å². The Hall–Kier alpha value is -3.19. The van der Waals surface area contributed by atoms with E-state index in [1.54, 1.807) is 18.2 Å². The third-order valence-corrected chi connectivity index (χ3v) is 5.43. The molecule has 10 nitrogen and oxygen atoms in total. The van der Waals surface area contributed by atoms with Crippen LogP contribution in [0, 0.1) is 10.5 Å². The number of nitrogens with one attached hydrogen (secondary N) is 3. The lowest BCUT2D eigenvalue weighted by molar-refractivity contribution is -0.139. The van der Waals surface area contributed by atoms with Gasteiger partial charge in [-0.3, -0.25) is 14.4 Å². The van der Waals surface area contributed by atoms with Gasteiger partial charge in [-0.1, -0.05) is 12.1 Å². The summed E-state index contributed by atoms with van der Waals surface area (Å²) in [6, 6.07) is 10.9. The highest BCUT2D eigenvalue weighted by Crippen LogP contribution is 2.34. The molecule has 3 amide bonds. The molecular formula is C26H33IN4O6. The van der Waals surface area contributed by atoms with Gasteiger partial charge in [0.25, 0.3) is 5.91 Å². The van der Waals surface area contributed by atoms with Crippen LogP contribution in [0.5, 0.6) is 11.5 Å². The standard InChI is InChI=1S/C26H33IN4O6/c1-5-35-22-14-19(15-29-31-26(34)25(33)28-10-7-11-36-17(2)3)13-21(27)24(22)37-16-23(32)30-20-9-6-8-18(4)12-20/h6,8-9,12-15,17H,5,7,10-11,16H2,1-4H3,(H,28,33)(H,30,32)(H,31,34)/b29-15-. The highest BCUT2D eigenvalue weighted by molar-refractivity contribution is 14.1. The van der Waals surface area contributed by atoms with Crippen LogP contribution in [-0.4, -0.2) is 56.4 Å². The van der Waals surface area contributed by atoms with Gasteiger partial charge in [0.2, 0.25) is 0 Å². The highest BCUT2D eigenvalue weighted by atomic mass is 127. The Balaban J connectivity index is 1.92. The number of hydrazone groups is 1. The lowest BCUT2D eigenvalue weighted by atomic mass is 10.2. The van der Waals surface area contributed by atoms with Crippen LogP contribution in [0.3, 0.4) is 0 Å². The largest absolute Gasteiger partial charge is 0.490 e. The molecule has 3 N–H and O–H groups in total. The van der Waals surface area contributed by atoms with Crippen molar-refractivity contribution >= 4 is 52.2 Å². The number of carbonyl (C=O) groups excluding carboxylic acids is 3. The SMILES string of the molecule is CCOc1cc(/C=N\NC(=O)C(=O)NCCCOC(C)C)cc(I)c1OCC(=O)Nc1cccc(C)c1. The van der Waals surface area contributed by atoms with Gasteiger partial charge in [0.1, 0.15) is 0 Å². The van der Waals surface area contributed by atoms with E-state index >= 15 is 0 Å². The maximum absolute atomic E-state index is 12.4. The lowest BCUT2D eigenvalue weighted by Crippen LogP contribution is -2.38.